The first-order valence-electron chi connectivity index (χ1n) is 8.47. The lowest BCUT2D eigenvalue weighted by Crippen LogP contribution is -2.07. The number of H-pyrrole nitrogens is 1. The quantitative estimate of drug-likeness (QED) is 0.857. The van der Waals surface area contributed by atoms with Gasteiger partial charge in [0.05, 0.1) is 5.52 Å². The summed E-state index contributed by atoms with van der Waals surface area (Å²) in [6.07, 6.45) is 5.36. The van der Waals surface area contributed by atoms with E-state index in [2.05, 4.69) is 31.8 Å². The molecule has 23 heavy (non-hydrogen) atoms. The van der Waals surface area contributed by atoms with Crippen molar-refractivity contribution >= 4 is 10.9 Å². The van der Waals surface area contributed by atoms with Crippen LogP contribution in [-0.2, 0) is 19.3 Å². The average molecular weight is 315 g/mol. The van der Waals surface area contributed by atoms with Gasteiger partial charge in [0, 0.05) is 11.5 Å². The maximum absolute atomic E-state index is 12.6. The zero-order valence-electron chi connectivity index (χ0n) is 14.2. The molecule has 1 aromatic carbocycles. The molecule has 1 aromatic heterocycles. The summed E-state index contributed by atoms with van der Waals surface area (Å²) >= 11 is 0. The zero-order chi connectivity index (χ0) is 17.0. The van der Waals surface area contributed by atoms with Gasteiger partial charge in [0.15, 0.2) is 11.2 Å². The Hall–Kier alpha value is -2.10. The molecule has 0 amide bonds. The molecule has 0 unspecified atom stereocenters. The van der Waals surface area contributed by atoms with Gasteiger partial charge < -0.3 is 10.1 Å². The van der Waals surface area contributed by atoms with Crippen molar-refractivity contribution in [2.45, 2.75) is 59.3 Å². The number of rotatable bonds is 6. The van der Waals surface area contributed by atoms with Crippen LogP contribution in [0.2, 0.25) is 0 Å². The Labute approximate surface area is 136 Å². The second-order valence-corrected chi connectivity index (χ2v) is 6.02. The molecule has 0 aliphatic carbocycles. The molecule has 2 aromatic rings. The Morgan fingerprint density at radius 2 is 1.52 bits per heavy atom. The van der Waals surface area contributed by atoms with Crippen molar-refractivity contribution in [1.82, 2.24) is 4.98 Å². The Bertz CT molecular complexity index is 821. The van der Waals surface area contributed by atoms with Crippen molar-refractivity contribution < 1.29 is 5.11 Å². The van der Waals surface area contributed by atoms with Crippen LogP contribution in [0.15, 0.2) is 21.7 Å². The molecule has 0 fully saturated rings. The van der Waals surface area contributed by atoms with E-state index in [4.69, 9.17) is 0 Å². The molecule has 0 aliphatic rings. The number of fused-ring (bicyclic) bond motifs is 1. The Morgan fingerprint density at radius 1 is 0.913 bits per heavy atom. The number of aromatic amines is 1. The molecule has 4 heteroatoms. The van der Waals surface area contributed by atoms with Crippen LogP contribution in [0, 0.1) is 0 Å². The third-order valence-electron chi connectivity index (χ3n) is 4.13. The SMILES string of the molecule is CCCc1cc(CCC)c2c(=O)cc(O)c(=O)[nH]c2c1CCC. The van der Waals surface area contributed by atoms with E-state index in [0.717, 1.165) is 55.7 Å². The predicted molar refractivity (Wildman–Crippen MR) is 94.5 cm³/mol. The van der Waals surface area contributed by atoms with E-state index in [9.17, 15) is 14.7 Å². The third kappa shape index (κ3) is 3.46. The molecule has 0 radical (unpaired) electrons. The average Bonchev–Trinajstić information content (AvgIpc) is 2.61. The molecule has 0 bridgehead atoms. The number of nitrogens with one attached hydrogen (secondary N) is 1. The third-order valence-corrected chi connectivity index (χ3v) is 4.13. The summed E-state index contributed by atoms with van der Waals surface area (Å²) < 4.78 is 0. The zero-order valence-corrected chi connectivity index (χ0v) is 14.2. The van der Waals surface area contributed by atoms with E-state index in [1.165, 1.54) is 5.56 Å². The summed E-state index contributed by atoms with van der Waals surface area (Å²) in [5.74, 6) is -0.520. The lowest BCUT2D eigenvalue weighted by molar-refractivity contribution is 0.468. The van der Waals surface area contributed by atoms with Crippen LogP contribution in [0.25, 0.3) is 10.9 Å². The maximum Gasteiger partial charge on any atom is 0.290 e. The summed E-state index contributed by atoms with van der Waals surface area (Å²) in [7, 11) is 0. The summed E-state index contributed by atoms with van der Waals surface area (Å²) in [4.78, 5) is 27.4. The van der Waals surface area contributed by atoms with Crippen molar-refractivity contribution in [3.05, 3.63) is 49.4 Å². The van der Waals surface area contributed by atoms with Crippen LogP contribution in [0.1, 0.15) is 56.7 Å². The fourth-order valence-electron chi connectivity index (χ4n) is 3.19. The van der Waals surface area contributed by atoms with Crippen LogP contribution < -0.4 is 11.0 Å². The highest BCUT2D eigenvalue weighted by Gasteiger charge is 2.15. The van der Waals surface area contributed by atoms with E-state index in [1.54, 1.807) is 0 Å². The maximum atomic E-state index is 12.6. The van der Waals surface area contributed by atoms with Crippen LogP contribution in [0.5, 0.6) is 5.75 Å². The van der Waals surface area contributed by atoms with Crippen molar-refractivity contribution in [1.29, 1.82) is 0 Å². The van der Waals surface area contributed by atoms with Gasteiger partial charge in [-0.2, -0.15) is 0 Å². The fourth-order valence-corrected chi connectivity index (χ4v) is 3.19. The monoisotopic (exact) mass is 315 g/mol. The summed E-state index contributed by atoms with van der Waals surface area (Å²) in [6, 6.07) is 3.16. The molecular formula is C19H25NO3. The molecule has 0 saturated heterocycles. The van der Waals surface area contributed by atoms with Gasteiger partial charge in [-0.3, -0.25) is 9.59 Å². The van der Waals surface area contributed by atoms with Gasteiger partial charge in [0.1, 0.15) is 0 Å². The first kappa shape index (κ1) is 17.3. The number of aromatic nitrogens is 1. The van der Waals surface area contributed by atoms with E-state index in [0.29, 0.717) is 10.9 Å². The van der Waals surface area contributed by atoms with Gasteiger partial charge in [-0.1, -0.05) is 46.1 Å². The summed E-state index contributed by atoms with van der Waals surface area (Å²) in [6.45, 7) is 6.27. The standard InChI is InChI=1S/C19H25NO3/c1-4-7-12-10-13(8-5-2)17-15(21)11-16(22)19(23)20-18(17)14(12)9-6-3/h10-11,22H,4-9H2,1-3H3,(H,20,23). The Balaban J connectivity index is 3.02. The van der Waals surface area contributed by atoms with Crippen molar-refractivity contribution in [3.8, 4) is 5.75 Å². The van der Waals surface area contributed by atoms with Gasteiger partial charge in [0.2, 0.25) is 0 Å². The smallest absolute Gasteiger partial charge is 0.290 e. The first-order valence-corrected chi connectivity index (χ1v) is 8.47. The number of hydrogen-bond acceptors (Lipinski definition) is 3. The highest BCUT2D eigenvalue weighted by molar-refractivity contribution is 5.86. The first-order chi connectivity index (χ1) is 11.0. The van der Waals surface area contributed by atoms with Crippen molar-refractivity contribution in [3.63, 3.8) is 0 Å². The second kappa shape index (κ2) is 7.44. The van der Waals surface area contributed by atoms with Crippen LogP contribution in [0.3, 0.4) is 0 Å². The number of aromatic hydroxyl groups is 1. The van der Waals surface area contributed by atoms with E-state index in [-0.39, 0.29) is 5.43 Å². The minimum atomic E-state index is -0.606. The van der Waals surface area contributed by atoms with Gasteiger partial charge >= 0.3 is 0 Å². The molecule has 0 spiro atoms. The number of hydrogen-bond donors (Lipinski definition) is 2. The molecule has 0 saturated carbocycles. The van der Waals surface area contributed by atoms with Gasteiger partial charge in [-0.25, -0.2) is 0 Å². The second-order valence-electron chi connectivity index (χ2n) is 6.02. The summed E-state index contributed by atoms with van der Waals surface area (Å²) in [5.41, 5.74) is 2.91. The molecule has 0 atom stereocenters. The van der Waals surface area contributed by atoms with Crippen LogP contribution in [0.4, 0.5) is 0 Å². The lowest BCUT2D eigenvalue weighted by atomic mass is 9.92. The Morgan fingerprint density at radius 3 is 2.13 bits per heavy atom. The van der Waals surface area contributed by atoms with Gasteiger partial charge in [0.25, 0.3) is 5.56 Å². The highest BCUT2D eigenvalue weighted by atomic mass is 16.3. The molecule has 1 heterocycles. The Kier molecular flexibility index (Phi) is 5.59. The normalized spacial score (nSPS) is 11.1. The van der Waals surface area contributed by atoms with Gasteiger partial charge in [-0.05, 0) is 36.0 Å². The highest BCUT2D eigenvalue weighted by Crippen LogP contribution is 2.26. The number of benzene rings is 1. The number of aryl methyl sites for hydroxylation is 3. The molecular weight excluding hydrogens is 290 g/mol. The molecule has 4 nitrogen and oxygen atoms in total. The minimum absolute atomic E-state index is 0.292. The van der Waals surface area contributed by atoms with Crippen LogP contribution >= 0.6 is 0 Å². The van der Waals surface area contributed by atoms with E-state index < -0.39 is 11.3 Å². The lowest BCUT2D eigenvalue weighted by Gasteiger charge is -2.14. The molecule has 0 aliphatic heterocycles. The summed E-state index contributed by atoms with van der Waals surface area (Å²) in [5, 5.41) is 10.3. The van der Waals surface area contributed by atoms with Gasteiger partial charge in [-0.15, -0.1) is 0 Å². The largest absolute Gasteiger partial charge is 0.503 e. The predicted octanol–water partition coefficient (Wildman–Crippen LogP) is 3.45. The fraction of sp³-hybridized carbons (Fsp3) is 0.474. The van der Waals surface area contributed by atoms with Crippen molar-refractivity contribution in [2.24, 2.45) is 0 Å². The molecule has 124 valence electrons. The van der Waals surface area contributed by atoms with E-state index in [1.807, 2.05) is 0 Å². The topological polar surface area (TPSA) is 70.2 Å². The molecule has 2 N–H and O–H groups in total. The van der Waals surface area contributed by atoms with Crippen LogP contribution in [-0.4, -0.2) is 10.1 Å². The minimum Gasteiger partial charge on any atom is -0.503 e. The molecule has 2 rings (SSSR count). The van der Waals surface area contributed by atoms with Crippen molar-refractivity contribution in [2.75, 3.05) is 0 Å². The van der Waals surface area contributed by atoms with E-state index >= 15 is 0 Å².